The molecular formula is C45H32N2OS. The van der Waals surface area contributed by atoms with Gasteiger partial charge in [0, 0.05) is 48.5 Å². The third kappa shape index (κ3) is 4.37. The molecule has 3 aromatic heterocycles. The van der Waals surface area contributed by atoms with E-state index in [1.54, 1.807) is 0 Å². The van der Waals surface area contributed by atoms with E-state index in [4.69, 9.17) is 9.40 Å². The Morgan fingerprint density at radius 2 is 1.06 bits per heavy atom. The highest BCUT2D eigenvalue weighted by atomic mass is 32.1. The maximum Gasteiger partial charge on any atom is 0.137 e. The summed E-state index contributed by atoms with van der Waals surface area (Å²) in [6.07, 6.45) is 1.94. The molecule has 0 radical (unpaired) electrons. The predicted octanol–water partition coefficient (Wildman–Crippen LogP) is 13.6. The molecule has 0 N–H and O–H groups in total. The Kier molecular flexibility index (Phi) is 6.01. The van der Waals surface area contributed by atoms with E-state index in [-0.39, 0.29) is 5.41 Å². The Bertz CT molecular complexity index is 2940. The Balaban J connectivity index is 1.23. The van der Waals surface area contributed by atoms with Crippen molar-refractivity contribution >= 4 is 103 Å². The lowest BCUT2D eigenvalue weighted by Gasteiger charge is -2.27. The summed E-state index contributed by atoms with van der Waals surface area (Å²) in [5, 5.41) is 12.5. The number of aromatic nitrogens is 1. The zero-order chi connectivity index (χ0) is 32.9. The lowest BCUT2D eigenvalue weighted by Crippen LogP contribution is -2.15. The van der Waals surface area contributed by atoms with Crippen LogP contribution in [0.2, 0.25) is 0 Å². The van der Waals surface area contributed by atoms with Crippen molar-refractivity contribution in [2.45, 2.75) is 26.2 Å². The summed E-state index contributed by atoms with van der Waals surface area (Å²) < 4.78 is 8.79. The van der Waals surface area contributed by atoms with Crippen LogP contribution in [0.25, 0.3) is 74.4 Å². The SMILES string of the molecule is CC(C)(C)c1ccnc(N(c2ccc3oc4ccccc4c3c2)c2ccc3sc4cc5c6ccccc6c6ccccc6c5cc4c3c2)c1. The molecule has 0 saturated heterocycles. The summed E-state index contributed by atoms with van der Waals surface area (Å²) in [6, 6.07) is 48.4. The highest BCUT2D eigenvalue weighted by Gasteiger charge is 2.21. The molecule has 0 amide bonds. The van der Waals surface area contributed by atoms with E-state index in [9.17, 15) is 0 Å². The number of rotatable bonds is 3. The van der Waals surface area contributed by atoms with Gasteiger partial charge in [-0.25, -0.2) is 4.98 Å². The number of thiophene rings is 1. The van der Waals surface area contributed by atoms with Gasteiger partial charge < -0.3 is 4.42 Å². The van der Waals surface area contributed by atoms with Crippen LogP contribution in [0, 0.1) is 0 Å². The predicted molar refractivity (Wildman–Crippen MR) is 210 cm³/mol. The molecule has 0 spiro atoms. The van der Waals surface area contributed by atoms with Crippen molar-refractivity contribution in [2.24, 2.45) is 0 Å². The van der Waals surface area contributed by atoms with Crippen LogP contribution >= 0.6 is 11.3 Å². The van der Waals surface area contributed by atoms with Crippen LogP contribution in [0.15, 0.2) is 144 Å². The van der Waals surface area contributed by atoms with Crippen molar-refractivity contribution in [3.8, 4) is 0 Å². The van der Waals surface area contributed by atoms with E-state index in [0.29, 0.717) is 0 Å². The van der Waals surface area contributed by atoms with Crippen molar-refractivity contribution < 1.29 is 4.42 Å². The van der Waals surface area contributed by atoms with Crippen molar-refractivity contribution in [1.29, 1.82) is 0 Å². The van der Waals surface area contributed by atoms with E-state index in [2.05, 4.69) is 147 Å². The maximum atomic E-state index is 6.22. The van der Waals surface area contributed by atoms with Gasteiger partial charge in [0.05, 0.1) is 0 Å². The smallest absolute Gasteiger partial charge is 0.137 e. The number of anilines is 3. The second kappa shape index (κ2) is 10.4. The van der Waals surface area contributed by atoms with Gasteiger partial charge in [0.1, 0.15) is 17.0 Å². The standard InChI is InChI=1S/C45H32N2OS/c1-45(2,3)27-20-21-46-44(22-27)47(28-16-18-41-37(23-28)34-14-8-9-15-40(34)48-41)29-17-19-42-38(24-29)39-25-35-32-12-6-4-10-30(32)31-11-5-7-13-33(31)36(35)26-43(39)49-42/h4-26H,1-3H3. The van der Waals surface area contributed by atoms with Crippen LogP contribution in [-0.4, -0.2) is 4.98 Å². The van der Waals surface area contributed by atoms with Gasteiger partial charge in [-0.3, -0.25) is 4.90 Å². The van der Waals surface area contributed by atoms with Gasteiger partial charge >= 0.3 is 0 Å². The molecule has 0 fully saturated rings. The number of hydrogen-bond donors (Lipinski definition) is 0. The molecule has 10 aromatic rings. The Hall–Kier alpha value is -5.71. The van der Waals surface area contributed by atoms with Crippen LogP contribution in [0.4, 0.5) is 17.2 Å². The second-order valence-corrected chi connectivity index (χ2v) is 15.1. The number of pyridine rings is 1. The second-order valence-electron chi connectivity index (χ2n) is 14.0. The minimum Gasteiger partial charge on any atom is -0.456 e. The number of furan rings is 1. The monoisotopic (exact) mass is 648 g/mol. The van der Waals surface area contributed by atoms with E-state index in [1.165, 1.54) is 58.1 Å². The average Bonchev–Trinajstić information content (AvgIpc) is 3.68. The van der Waals surface area contributed by atoms with E-state index >= 15 is 0 Å². The van der Waals surface area contributed by atoms with Crippen LogP contribution in [0.3, 0.4) is 0 Å². The lowest BCUT2D eigenvalue weighted by atomic mass is 9.87. The topological polar surface area (TPSA) is 29.3 Å². The minimum atomic E-state index is -0.0183. The molecule has 3 nitrogen and oxygen atoms in total. The quantitative estimate of drug-likeness (QED) is 0.179. The molecule has 0 saturated carbocycles. The molecule has 0 aliphatic carbocycles. The fraction of sp³-hybridized carbons (Fsp3) is 0.0889. The number of hydrogen-bond acceptors (Lipinski definition) is 4. The highest BCUT2D eigenvalue weighted by Crippen LogP contribution is 2.45. The first-order valence-corrected chi connectivity index (χ1v) is 17.6. The first kappa shape index (κ1) is 28.3. The van der Waals surface area contributed by atoms with Crippen molar-refractivity contribution in [3.63, 3.8) is 0 Å². The molecule has 7 aromatic carbocycles. The summed E-state index contributed by atoms with van der Waals surface area (Å²) in [5.41, 5.74) is 5.11. The van der Waals surface area contributed by atoms with Crippen LogP contribution in [0.5, 0.6) is 0 Å². The van der Waals surface area contributed by atoms with Gasteiger partial charge in [-0.1, -0.05) is 87.5 Å². The fourth-order valence-electron chi connectivity index (χ4n) is 7.58. The maximum absolute atomic E-state index is 6.22. The van der Waals surface area contributed by atoms with Crippen molar-refractivity contribution in [2.75, 3.05) is 4.90 Å². The third-order valence-electron chi connectivity index (χ3n) is 10.0. The van der Waals surface area contributed by atoms with Crippen LogP contribution in [0.1, 0.15) is 26.3 Å². The molecule has 3 heterocycles. The molecule has 49 heavy (non-hydrogen) atoms. The summed E-state index contributed by atoms with van der Waals surface area (Å²) in [5.74, 6) is 0.890. The van der Waals surface area contributed by atoms with Crippen molar-refractivity contribution in [1.82, 2.24) is 4.98 Å². The van der Waals surface area contributed by atoms with Crippen LogP contribution in [-0.2, 0) is 5.41 Å². The molecule has 0 bridgehead atoms. The molecule has 234 valence electrons. The number of fused-ring (bicyclic) bond motifs is 12. The van der Waals surface area contributed by atoms with Gasteiger partial charge in [0.15, 0.2) is 0 Å². The Morgan fingerprint density at radius 3 is 1.78 bits per heavy atom. The number of benzene rings is 7. The van der Waals surface area contributed by atoms with E-state index < -0.39 is 0 Å². The van der Waals surface area contributed by atoms with Gasteiger partial charge in [0.2, 0.25) is 0 Å². The zero-order valence-electron chi connectivity index (χ0n) is 27.5. The highest BCUT2D eigenvalue weighted by molar-refractivity contribution is 7.25. The van der Waals surface area contributed by atoms with E-state index in [0.717, 1.165) is 39.1 Å². The van der Waals surface area contributed by atoms with Gasteiger partial charge in [-0.2, -0.15) is 0 Å². The fourth-order valence-corrected chi connectivity index (χ4v) is 8.68. The summed E-state index contributed by atoms with van der Waals surface area (Å²) in [7, 11) is 0. The van der Waals surface area contributed by atoms with Crippen molar-refractivity contribution in [3.05, 3.63) is 145 Å². The summed E-state index contributed by atoms with van der Waals surface area (Å²) in [4.78, 5) is 7.27. The van der Waals surface area contributed by atoms with E-state index in [1.807, 2.05) is 29.7 Å². The van der Waals surface area contributed by atoms with Gasteiger partial charge in [-0.15, -0.1) is 11.3 Å². The Morgan fingerprint density at radius 1 is 0.490 bits per heavy atom. The first-order chi connectivity index (χ1) is 23.9. The lowest BCUT2D eigenvalue weighted by molar-refractivity contribution is 0.589. The third-order valence-corrected chi connectivity index (χ3v) is 11.2. The molecule has 0 atom stereocenters. The largest absolute Gasteiger partial charge is 0.456 e. The molecule has 0 aliphatic rings. The minimum absolute atomic E-state index is 0.0183. The molecule has 4 heteroatoms. The molecule has 0 unspecified atom stereocenters. The average molecular weight is 649 g/mol. The Labute approximate surface area is 287 Å². The summed E-state index contributed by atoms with van der Waals surface area (Å²) in [6.45, 7) is 6.75. The van der Waals surface area contributed by atoms with Gasteiger partial charge in [0.25, 0.3) is 0 Å². The van der Waals surface area contributed by atoms with Crippen LogP contribution < -0.4 is 4.90 Å². The summed E-state index contributed by atoms with van der Waals surface area (Å²) >= 11 is 1.87. The molecule has 10 rings (SSSR count). The normalized spacial score (nSPS) is 12.4. The number of nitrogens with zero attached hydrogens (tertiary/aromatic N) is 2. The van der Waals surface area contributed by atoms with Gasteiger partial charge in [-0.05, 0) is 110 Å². The molecular weight excluding hydrogens is 617 g/mol. The zero-order valence-corrected chi connectivity index (χ0v) is 28.3. The number of para-hydroxylation sites is 1. The molecule has 0 aliphatic heterocycles. The first-order valence-electron chi connectivity index (χ1n) is 16.8.